The smallest absolute Gasteiger partial charge is 0.294 e. The Hall–Kier alpha value is -3.30. The first kappa shape index (κ1) is 17.1. The number of rotatable bonds is 4. The molecule has 0 amide bonds. The molecule has 0 spiro atoms. The monoisotopic (exact) mass is 383 g/mol. The van der Waals surface area contributed by atoms with E-state index in [1.165, 1.54) is 35.0 Å². The van der Waals surface area contributed by atoms with Crippen LogP contribution in [0.3, 0.4) is 0 Å². The normalized spacial score (nSPS) is 13.4. The van der Waals surface area contributed by atoms with Crippen LogP contribution in [0.2, 0.25) is 0 Å². The van der Waals surface area contributed by atoms with Crippen molar-refractivity contribution in [2.24, 2.45) is 0 Å². The van der Waals surface area contributed by atoms with E-state index < -0.39 is 10.1 Å². The van der Waals surface area contributed by atoms with Gasteiger partial charge in [0.15, 0.2) is 0 Å². The summed E-state index contributed by atoms with van der Waals surface area (Å²) in [7, 11) is -2.72. The molecular weight excluding hydrogens is 370 g/mol. The van der Waals surface area contributed by atoms with Gasteiger partial charge >= 0.3 is 0 Å². The van der Waals surface area contributed by atoms with Gasteiger partial charge < -0.3 is 4.74 Å². The molecule has 2 aromatic carbocycles. The summed E-state index contributed by atoms with van der Waals surface area (Å²) in [5, 5.41) is 8.15. The number of methoxy groups -OCH3 is 1. The van der Waals surface area contributed by atoms with Crippen LogP contribution in [0.4, 0.5) is 0 Å². The molecule has 1 aliphatic rings. The molecule has 0 atom stereocenters. The fourth-order valence-corrected chi connectivity index (χ4v) is 3.35. The second kappa shape index (κ2) is 6.15. The summed E-state index contributed by atoms with van der Waals surface area (Å²) < 4.78 is 38.0. The number of carbonyl (C=O) groups excluding carboxylic acids is 1. The first-order valence-electron chi connectivity index (χ1n) is 7.83. The predicted octanol–water partition coefficient (Wildman–Crippen LogP) is 2.29. The quantitative estimate of drug-likeness (QED) is 0.688. The highest BCUT2D eigenvalue weighted by Crippen LogP contribution is 2.32. The second-order valence-electron chi connectivity index (χ2n) is 5.82. The summed E-state index contributed by atoms with van der Waals surface area (Å²) in [6, 6.07) is 12.6. The van der Waals surface area contributed by atoms with E-state index in [-0.39, 0.29) is 10.7 Å². The van der Waals surface area contributed by atoms with Crippen molar-refractivity contribution in [2.45, 2.75) is 4.90 Å². The number of carbonyl (C=O) groups is 1. The lowest BCUT2D eigenvalue weighted by Gasteiger charge is -2.05. The van der Waals surface area contributed by atoms with E-state index in [2.05, 4.69) is 10.3 Å². The predicted molar refractivity (Wildman–Crippen MR) is 96.0 cm³/mol. The highest BCUT2D eigenvalue weighted by Gasteiger charge is 2.29. The molecule has 0 fully saturated rings. The molecule has 0 saturated heterocycles. The van der Waals surface area contributed by atoms with Gasteiger partial charge in [0.1, 0.15) is 17.1 Å². The van der Waals surface area contributed by atoms with E-state index >= 15 is 0 Å². The zero-order chi connectivity index (χ0) is 19.2. The van der Waals surface area contributed by atoms with Crippen LogP contribution in [0.25, 0.3) is 17.0 Å². The Morgan fingerprint density at radius 3 is 2.22 bits per heavy atom. The number of allylic oxidation sites excluding steroid dienone is 1. The van der Waals surface area contributed by atoms with Gasteiger partial charge in [-0.05, 0) is 36.4 Å². The van der Waals surface area contributed by atoms with Gasteiger partial charge in [0.05, 0.1) is 17.7 Å². The minimum Gasteiger partial charge on any atom is -0.497 e. The van der Waals surface area contributed by atoms with Crippen LogP contribution in [0.15, 0.2) is 59.5 Å². The van der Waals surface area contributed by atoms with E-state index in [0.29, 0.717) is 28.4 Å². The molecule has 0 unspecified atom stereocenters. The van der Waals surface area contributed by atoms with Crippen molar-refractivity contribution >= 4 is 21.6 Å². The molecule has 0 bridgehead atoms. The lowest BCUT2D eigenvalue weighted by molar-refractivity contribution is 0.104. The van der Waals surface area contributed by atoms with Crippen molar-refractivity contribution < 1.29 is 22.5 Å². The van der Waals surface area contributed by atoms with Crippen LogP contribution in [-0.4, -0.2) is 40.9 Å². The average molecular weight is 383 g/mol. The first-order valence-corrected chi connectivity index (χ1v) is 9.27. The highest BCUT2D eigenvalue weighted by atomic mass is 32.2. The summed E-state index contributed by atoms with van der Waals surface area (Å²) in [5.41, 5.74) is 2.51. The molecule has 136 valence electrons. The number of benzene rings is 2. The molecular formula is C18H13N3O5S. The van der Waals surface area contributed by atoms with Crippen molar-refractivity contribution in [3.8, 4) is 17.0 Å². The zero-order valence-corrected chi connectivity index (χ0v) is 14.8. The maximum absolute atomic E-state index is 12.5. The lowest BCUT2D eigenvalue weighted by atomic mass is 10.1. The maximum atomic E-state index is 12.5. The Morgan fingerprint density at radius 1 is 1.00 bits per heavy atom. The molecule has 4 rings (SSSR count). The third kappa shape index (κ3) is 2.92. The number of hydrogen-bond donors (Lipinski definition) is 1. The van der Waals surface area contributed by atoms with Crippen LogP contribution < -0.4 is 4.74 Å². The van der Waals surface area contributed by atoms with E-state index in [1.54, 1.807) is 19.2 Å². The van der Waals surface area contributed by atoms with Gasteiger partial charge in [0.25, 0.3) is 10.1 Å². The number of fused-ring (bicyclic) bond motifs is 1. The number of hydrogen-bond acceptors (Lipinski definition) is 6. The summed E-state index contributed by atoms with van der Waals surface area (Å²) in [5.74, 6) is 0.446. The van der Waals surface area contributed by atoms with Gasteiger partial charge in [-0.2, -0.15) is 8.42 Å². The minimum absolute atomic E-state index is 0.238. The summed E-state index contributed by atoms with van der Waals surface area (Å²) in [6.07, 6.45) is 1.47. The Balaban J connectivity index is 1.74. The maximum Gasteiger partial charge on any atom is 0.294 e. The first-order chi connectivity index (χ1) is 12.9. The van der Waals surface area contributed by atoms with Gasteiger partial charge in [-0.1, -0.05) is 17.3 Å². The molecule has 8 nitrogen and oxygen atoms in total. The molecule has 9 heteroatoms. The lowest BCUT2D eigenvalue weighted by Crippen LogP contribution is -2.01. The Bertz CT molecular complexity index is 1180. The second-order valence-corrected chi connectivity index (χ2v) is 7.24. The standard InChI is InChI=1S/C18H13N3O5S/c1-26-13-6-2-11(3-7-13)15-10-16(22)18-17(19-20-21(15)18)12-4-8-14(9-5-12)27(23,24)25/h2-10H,1H3,(H,23,24,25). The molecule has 3 aromatic rings. The minimum atomic E-state index is -4.29. The zero-order valence-electron chi connectivity index (χ0n) is 14.0. The number of nitrogens with zero attached hydrogens (tertiary/aromatic N) is 3. The fourth-order valence-electron chi connectivity index (χ4n) is 2.87. The molecule has 0 aliphatic carbocycles. The van der Waals surface area contributed by atoms with Crippen LogP contribution in [-0.2, 0) is 10.1 Å². The van der Waals surface area contributed by atoms with Crippen LogP contribution in [0, 0.1) is 0 Å². The molecule has 1 aliphatic heterocycles. The van der Waals surface area contributed by atoms with E-state index in [4.69, 9.17) is 9.29 Å². The number of aromatic nitrogens is 3. The SMILES string of the molecule is COc1ccc(C2=CC(=O)c3c(-c4ccc(S(=O)(=O)O)cc4)nnn32)cc1. The molecule has 0 radical (unpaired) electrons. The summed E-state index contributed by atoms with van der Waals surface area (Å²) >= 11 is 0. The highest BCUT2D eigenvalue weighted by molar-refractivity contribution is 7.85. The molecule has 1 N–H and O–H groups in total. The Morgan fingerprint density at radius 2 is 1.63 bits per heavy atom. The van der Waals surface area contributed by atoms with Gasteiger partial charge in [-0.3, -0.25) is 9.35 Å². The van der Waals surface area contributed by atoms with Crippen molar-refractivity contribution in [3.05, 3.63) is 65.9 Å². The topological polar surface area (TPSA) is 111 Å². The Labute approximate surface area is 154 Å². The Kier molecular flexibility index (Phi) is 3.90. The van der Waals surface area contributed by atoms with E-state index in [9.17, 15) is 13.2 Å². The van der Waals surface area contributed by atoms with Gasteiger partial charge in [-0.25, -0.2) is 4.68 Å². The summed E-state index contributed by atoms with van der Waals surface area (Å²) in [6.45, 7) is 0. The third-order valence-corrected chi connectivity index (χ3v) is 5.08. The van der Waals surface area contributed by atoms with Crippen molar-refractivity contribution in [1.29, 1.82) is 0 Å². The van der Waals surface area contributed by atoms with Crippen molar-refractivity contribution in [2.75, 3.05) is 7.11 Å². The fraction of sp³-hybridized carbons (Fsp3) is 0.0556. The average Bonchev–Trinajstić information content (AvgIpc) is 3.23. The summed E-state index contributed by atoms with van der Waals surface area (Å²) in [4.78, 5) is 12.3. The largest absolute Gasteiger partial charge is 0.497 e. The van der Waals surface area contributed by atoms with Gasteiger partial charge in [-0.15, -0.1) is 5.10 Å². The third-order valence-electron chi connectivity index (χ3n) is 4.21. The van der Waals surface area contributed by atoms with E-state index in [0.717, 1.165) is 5.56 Å². The van der Waals surface area contributed by atoms with E-state index in [1.807, 2.05) is 12.1 Å². The van der Waals surface area contributed by atoms with Crippen LogP contribution in [0.5, 0.6) is 5.75 Å². The van der Waals surface area contributed by atoms with Crippen LogP contribution in [0.1, 0.15) is 16.1 Å². The number of ether oxygens (including phenoxy) is 1. The molecule has 2 heterocycles. The van der Waals surface area contributed by atoms with Crippen LogP contribution >= 0.6 is 0 Å². The molecule has 1 aromatic heterocycles. The molecule has 27 heavy (non-hydrogen) atoms. The van der Waals surface area contributed by atoms with Gasteiger partial charge in [0.2, 0.25) is 5.78 Å². The van der Waals surface area contributed by atoms with Crippen molar-refractivity contribution in [1.82, 2.24) is 15.0 Å². The number of ketones is 1. The van der Waals surface area contributed by atoms with Crippen molar-refractivity contribution in [3.63, 3.8) is 0 Å². The molecule has 0 saturated carbocycles. The van der Waals surface area contributed by atoms with Gasteiger partial charge in [0, 0.05) is 17.2 Å².